The van der Waals surface area contributed by atoms with Crippen LogP contribution in [0.2, 0.25) is 0 Å². The molecule has 8 nitrogen and oxygen atoms in total. The van der Waals surface area contributed by atoms with Crippen molar-refractivity contribution in [2.45, 2.75) is 37.7 Å². The fourth-order valence-corrected chi connectivity index (χ4v) is 3.27. The van der Waals surface area contributed by atoms with Crippen LogP contribution >= 0.6 is 0 Å². The van der Waals surface area contributed by atoms with Gasteiger partial charge in [0.05, 0.1) is 32.7 Å². The normalized spacial score (nSPS) is 25.3. The molecule has 2 saturated heterocycles. The van der Waals surface area contributed by atoms with Crippen LogP contribution in [0.15, 0.2) is 0 Å². The fraction of sp³-hybridized carbons (Fsp3) is 0.824. The molecule has 2 fully saturated rings. The first-order valence-corrected chi connectivity index (χ1v) is 8.89. The van der Waals surface area contributed by atoms with Crippen molar-refractivity contribution in [3.8, 4) is 0 Å². The Labute approximate surface area is 148 Å². The van der Waals surface area contributed by atoms with E-state index in [0.717, 1.165) is 19.3 Å². The van der Waals surface area contributed by atoms with E-state index >= 15 is 0 Å². The Bertz CT molecular complexity index is 499. The molecule has 2 aliphatic heterocycles. The summed E-state index contributed by atoms with van der Waals surface area (Å²) in [5, 5.41) is 2.58. The van der Waals surface area contributed by atoms with E-state index in [1.807, 2.05) is 0 Å². The Morgan fingerprint density at radius 1 is 1.28 bits per heavy atom. The van der Waals surface area contributed by atoms with Crippen molar-refractivity contribution in [1.29, 1.82) is 0 Å². The molecule has 0 bridgehead atoms. The first kappa shape index (κ1) is 19.7. The van der Waals surface area contributed by atoms with Crippen LogP contribution in [0.25, 0.3) is 0 Å². The Hall–Kier alpha value is -1.67. The molecule has 0 aromatic heterocycles. The highest BCUT2D eigenvalue weighted by Gasteiger charge is 2.38. The minimum Gasteiger partial charge on any atom is -0.377 e. The van der Waals surface area contributed by atoms with Crippen molar-refractivity contribution in [1.82, 2.24) is 15.1 Å². The van der Waals surface area contributed by atoms with Gasteiger partial charge in [0.2, 0.25) is 17.7 Å². The third kappa shape index (κ3) is 5.40. The number of nitrogens with one attached hydrogen (secondary N) is 1. The van der Waals surface area contributed by atoms with Crippen molar-refractivity contribution in [2.75, 3.05) is 53.6 Å². The maximum atomic E-state index is 12.8. The van der Waals surface area contributed by atoms with Gasteiger partial charge in [-0.05, 0) is 12.8 Å². The average Bonchev–Trinajstić information content (AvgIpc) is 2.94. The lowest BCUT2D eigenvalue weighted by atomic mass is 9.99. The first-order valence-electron chi connectivity index (χ1n) is 8.89. The minimum absolute atomic E-state index is 0.0419. The number of methoxy groups -OCH3 is 1. The predicted octanol–water partition coefficient (Wildman–Crippen LogP) is -0.231. The van der Waals surface area contributed by atoms with Gasteiger partial charge in [-0.1, -0.05) is 6.42 Å². The molecule has 25 heavy (non-hydrogen) atoms. The van der Waals surface area contributed by atoms with E-state index in [0.29, 0.717) is 26.1 Å². The van der Waals surface area contributed by atoms with Crippen LogP contribution in [0.1, 0.15) is 32.1 Å². The van der Waals surface area contributed by atoms with Gasteiger partial charge in [-0.25, -0.2) is 0 Å². The molecule has 1 unspecified atom stereocenters. The lowest BCUT2D eigenvalue weighted by Gasteiger charge is -2.34. The maximum Gasteiger partial charge on any atom is 0.242 e. The molecule has 1 atom stereocenters. The van der Waals surface area contributed by atoms with E-state index < -0.39 is 5.60 Å². The largest absolute Gasteiger partial charge is 0.377 e. The van der Waals surface area contributed by atoms with Gasteiger partial charge in [0.15, 0.2) is 0 Å². The van der Waals surface area contributed by atoms with E-state index in [-0.39, 0.29) is 43.8 Å². The first-order chi connectivity index (χ1) is 12.0. The van der Waals surface area contributed by atoms with Crippen molar-refractivity contribution >= 4 is 17.7 Å². The molecular weight excluding hydrogens is 326 g/mol. The van der Waals surface area contributed by atoms with Crippen LogP contribution in [-0.2, 0) is 23.9 Å². The van der Waals surface area contributed by atoms with E-state index in [2.05, 4.69) is 5.32 Å². The SMILES string of the molecule is CNC(=O)CC1(OC)COCCN(C(=O)CN2CCCCCC2=O)C1. The fourth-order valence-electron chi connectivity index (χ4n) is 3.27. The Morgan fingerprint density at radius 2 is 2.08 bits per heavy atom. The van der Waals surface area contributed by atoms with Crippen molar-refractivity contribution in [3.63, 3.8) is 0 Å². The molecule has 8 heteroatoms. The molecule has 0 aromatic rings. The summed E-state index contributed by atoms with van der Waals surface area (Å²) in [6.07, 6.45) is 3.47. The second-order valence-corrected chi connectivity index (χ2v) is 6.73. The molecule has 0 spiro atoms. The molecule has 3 amide bonds. The Balaban J connectivity index is 2.04. The summed E-state index contributed by atoms with van der Waals surface area (Å²) < 4.78 is 11.2. The third-order valence-electron chi connectivity index (χ3n) is 4.89. The zero-order valence-corrected chi connectivity index (χ0v) is 15.2. The molecule has 1 N–H and O–H groups in total. The average molecular weight is 355 g/mol. The summed E-state index contributed by atoms with van der Waals surface area (Å²) in [6.45, 7) is 2.06. The van der Waals surface area contributed by atoms with Crippen molar-refractivity contribution in [2.24, 2.45) is 0 Å². The number of ether oxygens (including phenoxy) is 2. The Kier molecular flexibility index (Phi) is 7.19. The summed E-state index contributed by atoms with van der Waals surface area (Å²) in [4.78, 5) is 40.0. The Morgan fingerprint density at radius 3 is 2.80 bits per heavy atom. The van der Waals surface area contributed by atoms with Crippen LogP contribution < -0.4 is 5.32 Å². The van der Waals surface area contributed by atoms with Crippen molar-refractivity contribution in [3.05, 3.63) is 0 Å². The molecule has 2 heterocycles. The maximum absolute atomic E-state index is 12.8. The molecule has 2 aliphatic rings. The predicted molar refractivity (Wildman–Crippen MR) is 90.9 cm³/mol. The van der Waals surface area contributed by atoms with Crippen LogP contribution in [0.3, 0.4) is 0 Å². The number of nitrogens with zero attached hydrogens (tertiary/aromatic N) is 2. The van der Waals surface area contributed by atoms with Gasteiger partial charge in [0.25, 0.3) is 0 Å². The highest BCUT2D eigenvalue weighted by Crippen LogP contribution is 2.21. The van der Waals surface area contributed by atoms with Gasteiger partial charge in [-0.2, -0.15) is 0 Å². The number of likely N-dealkylation sites (tertiary alicyclic amines) is 1. The second kappa shape index (κ2) is 9.15. The topological polar surface area (TPSA) is 88.2 Å². The van der Waals surface area contributed by atoms with E-state index in [1.54, 1.807) is 16.8 Å². The summed E-state index contributed by atoms with van der Waals surface area (Å²) in [5.41, 5.74) is -0.866. The third-order valence-corrected chi connectivity index (χ3v) is 4.89. The molecule has 0 radical (unpaired) electrons. The highest BCUT2D eigenvalue weighted by molar-refractivity contribution is 5.85. The number of carbonyl (C=O) groups is 3. The quantitative estimate of drug-likeness (QED) is 0.736. The lowest BCUT2D eigenvalue weighted by Crippen LogP contribution is -2.52. The zero-order valence-electron chi connectivity index (χ0n) is 15.2. The summed E-state index contributed by atoms with van der Waals surface area (Å²) in [5.74, 6) is -0.248. The summed E-state index contributed by atoms with van der Waals surface area (Å²) >= 11 is 0. The van der Waals surface area contributed by atoms with Gasteiger partial charge in [0.1, 0.15) is 5.60 Å². The highest BCUT2D eigenvalue weighted by atomic mass is 16.5. The van der Waals surface area contributed by atoms with Gasteiger partial charge >= 0.3 is 0 Å². The molecule has 0 saturated carbocycles. The van der Waals surface area contributed by atoms with Gasteiger partial charge in [-0.15, -0.1) is 0 Å². The molecule has 0 aliphatic carbocycles. The smallest absolute Gasteiger partial charge is 0.242 e. The number of amides is 3. The summed E-state index contributed by atoms with van der Waals surface area (Å²) in [6, 6.07) is 0. The number of rotatable bonds is 5. The van der Waals surface area contributed by atoms with E-state index in [4.69, 9.17) is 9.47 Å². The standard InChI is InChI=1S/C17H29N3O5/c1-18-14(21)10-17(24-2)12-20(8-9-25-13-17)16(23)11-19-7-5-3-4-6-15(19)22/h3-13H2,1-2H3,(H,18,21). The number of hydrogen-bond acceptors (Lipinski definition) is 5. The number of carbonyl (C=O) groups excluding carboxylic acids is 3. The molecule has 142 valence electrons. The van der Waals surface area contributed by atoms with Gasteiger partial charge < -0.3 is 24.6 Å². The van der Waals surface area contributed by atoms with Gasteiger partial charge in [-0.3, -0.25) is 14.4 Å². The molecule has 0 aromatic carbocycles. The van der Waals surface area contributed by atoms with Crippen molar-refractivity contribution < 1.29 is 23.9 Å². The van der Waals surface area contributed by atoms with Gasteiger partial charge in [0, 0.05) is 33.7 Å². The van der Waals surface area contributed by atoms with Crippen LogP contribution in [0, 0.1) is 0 Å². The van der Waals surface area contributed by atoms with Crippen LogP contribution in [0.4, 0.5) is 0 Å². The molecule has 2 rings (SSSR count). The minimum atomic E-state index is -0.866. The number of hydrogen-bond donors (Lipinski definition) is 1. The summed E-state index contributed by atoms with van der Waals surface area (Å²) in [7, 11) is 3.09. The van der Waals surface area contributed by atoms with E-state index in [1.165, 1.54) is 7.11 Å². The molecular formula is C17H29N3O5. The van der Waals surface area contributed by atoms with Crippen LogP contribution in [0.5, 0.6) is 0 Å². The second-order valence-electron chi connectivity index (χ2n) is 6.73. The zero-order chi connectivity index (χ0) is 18.3. The van der Waals surface area contributed by atoms with Crippen LogP contribution in [-0.4, -0.2) is 86.7 Å². The lowest BCUT2D eigenvalue weighted by molar-refractivity contribution is -0.144. The van der Waals surface area contributed by atoms with E-state index in [9.17, 15) is 14.4 Å². The monoisotopic (exact) mass is 355 g/mol.